The van der Waals surface area contributed by atoms with Gasteiger partial charge in [-0.15, -0.1) is 0 Å². The number of nitrogens with zero attached hydrogens (tertiary/aromatic N) is 1. The van der Waals surface area contributed by atoms with Gasteiger partial charge < -0.3 is 11.1 Å². The maximum Gasteiger partial charge on any atom is -0.0140 e. The van der Waals surface area contributed by atoms with Crippen molar-refractivity contribution in [1.82, 2.24) is 11.1 Å². The average Bonchev–Trinajstić information content (AvgIpc) is 0.811. The molecule has 0 saturated heterocycles. The fourth-order valence-electron chi connectivity index (χ4n) is 0. The van der Waals surface area contributed by atoms with Crippen LogP contribution in [0.15, 0.2) is 0 Å². The van der Waals surface area contributed by atoms with Crippen molar-refractivity contribution in [2.75, 3.05) is 21.1 Å². The van der Waals surface area contributed by atoms with Gasteiger partial charge in [0.15, 0.2) is 0 Å². The van der Waals surface area contributed by atoms with E-state index in [0.29, 0.717) is 0 Å². The third-order valence-corrected chi connectivity index (χ3v) is 0. The van der Waals surface area contributed by atoms with Crippen LogP contribution in [0.5, 0.6) is 0 Å². The van der Waals surface area contributed by atoms with E-state index in [9.17, 15) is 0 Å². The third kappa shape index (κ3) is 5220. The van der Waals surface area contributed by atoms with Crippen molar-refractivity contribution < 1.29 is 0 Å². The van der Waals surface area contributed by atoms with Crippen molar-refractivity contribution in [3.63, 3.8) is 0 Å². The van der Waals surface area contributed by atoms with Gasteiger partial charge in [0.25, 0.3) is 0 Å². The molecule has 41 valence electrons. The molecule has 0 atom stereocenters. The largest absolute Gasteiger partial charge is 0.344 e. The van der Waals surface area contributed by atoms with Crippen LogP contribution in [0.4, 0.5) is 0 Å². The Hall–Kier alpha value is -0.0800. The molecular weight excluding hydrogens is 76.1 g/mol. The molecular formula is C4H15N2. The van der Waals surface area contributed by atoms with Crippen molar-refractivity contribution in [3.05, 3.63) is 7.43 Å². The zero-order valence-corrected chi connectivity index (χ0v) is 5.15. The highest BCUT2D eigenvalue weighted by Crippen LogP contribution is 1.47. The molecule has 0 aromatic carbocycles. The number of hydrogen-bond acceptors (Lipinski definition) is 2. The van der Waals surface area contributed by atoms with Crippen LogP contribution in [-0.4, -0.2) is 26.0 Å². The van der Waals surface area contributed by atoms with Gasteiger partial charge >= 0.3 is 0 Å². The normalized spacial score (nSPS) is 6.00. The van der Waals surface area contributed by atoms with Gasteiger partial charge in [-0.2, -0.15) is 0 Å². The molecule has 0 unspecified atom stereocenters. The third-order valence-electron chi connectivity index (χ3n) is 0. The molecule has 6 heavy (non-hydrogen) atoms. The smallest absolute Gasteiger partial charge is 0.0140 e. The van der Waals surface area contributed by atoms with Crippen LogP contribution >= 0.6 is 0 Å². The lowest BCUT2D eigenvalue weighted by Crippen LogP contribution is -1.99. The Bertz CT molecular complexity index is 10.3. The number of hydrogen-bond donors (Lipinski definition) is 1. The lowest BCUT2D eigenvalue weighted by atomic mass is 11.0. The zero-order chi connectivity index (χ0) is 3.58. The summed E-state index contributed by atoms with van der Waals surface area (Å²) in [5, 5.41) is 0. The zero-order valence-electron chi connectivity index (χ0n) is 5.15. The number of rotatable bonds is 0. The fraction of sp³-hybridized carbons (Fsp3) is 0.750. The first kappa shape index (κ1) is 16.8. The van der Waals surface area contributed by atoms with Crippen molar-refractivity contribution in [3.8, 4) is 0 Å². The Kier molecular flexibility index (Phi) is 24.8. The highest BCUT2D eigenvalue weighted by molar-refractivity contribution is 4.09. The average molecular weight is 91.2 g/mol. The van der Waals surface area contributed by atoms with E-state index < -0.39 is 0 Å². The molecule has 0 aliphatic rings. The SMILES string of the molecule is CN(C)C.N.[CH3]. The Morgan fingerprint density at radius 2 is 1.00 bits per heavy atom. The van der Waals surface area contributed by atoms with Gasteiger partial charge in [0.2, 0.25) is 0 Å². The molecule has 0 heterocycles. The molecule has 0 rings (SSSR count). The van der Waals surface area contributed by atoms with Crippen LogP contribution in [0.2, 0.25) is 0 Å². The van der Waals surface area contributed by atoms with E-state index in [4.69, 9.17) is 0 Å². The van der Waals surface area contributed by atoms with E-state index in [1.54, 1.807) is 0 Å². The molecule has 0 fully saturated rings. The summed E-state index contributed by atoms with van der Waals surface area (Å²) in [4.78, 5) is 2.00. The second-order valence-corrected chi connectivity index (χ2v) is 1.34. The first-order valence-corrected chi connectivity index (χ1v) is 1.34. The second-order valence-electron chi connectivity index (χ2n) is 1.34. The standard InChI is InChI=1S/C3H9N.CH3.H3N/c1-4(2)3;;/h1-3H3;2*1H3. The van der Waals surface area contributed by atoms with Crippen LogP contribution in [0.3, 0.4) is 0 Å². The summed E-state index contributed by atoms with van der Waals surface area (Å²) in [5.41, 5.74) is 0. The van der Waals surface area contributed by atoms with Gasteiger partial charge in [-0.1, -0.05) is 7.43 Å². The maximum atomic E-state index is 2.00. The molecule has 0 amide bonds. The maximum absolute atomic E-state index is 2.00. The lowest BCUT2D eigenvalue weighted by molar-refractivity contribution is 0.505. The molecule has 1 radical (unpaired) electrons. The van der Waals surface area contributed by atoms with Crippen molar-refractivity contribution in [1.29, 1.82) is 0 Å². The highest BCUT2D eigenvalue weighted by Gasteiger charge is 1.58. The summed E-state index contributed by atoms with van der Waals surface area (Å²) < 4.78 is 0. The van der Waals surface area contributed by atoms with E-state index in [-0.39, 0.29) is 13.6 Å². The van der Waals surface area contributed by atoms with E-state index in [2.05, 4.69) is 0 Å². The Balaban J connectivity index is -0.0000000450. The molecule has 0 spiro atoms. The van der Waals surface area contributed by atoms with E-state index >= 15 is 0 Å². The van der Waals surface area contributed by atoms with Crippen molar-refractivity contribution in [2.45, 2.75) is 0 Å². The molecule has 0 bridgehead atoms. The summed E-state index contributed by atoms with van der Waals surface area (Å²) >= 11 is 0. The van der Waals surface area contributed by atoms with E-state index in [1.165, 1.54) is 0 Å². The van der Waals surface area contributed by atoms with Gasteiger partial charge in [-0.25, -0.2) is 0 Å². The summed E-state index contributed by atoms with van der Waals surface area (Å²) in [7, 11) is 6.00. The molecule has 0 aliphatic carbocycles. The van der Waals surface area contributed by atoms with Crippen molar-refractivity contribution >= 4 is 0 Å². The van der Waals surface area contributed by atoms with Crippen LogP contribution in [0.1, 0.15) is 0 Å². The van der Waals surface area contributed by atoms with Gasteiger partial charge in [-0.05, 0) is 21.1 Å². The highest BCUT2D eigenvalue weighted by atomic mass is 15.0. The van der Waals surface area contributed by atoms with E-state index in [1.807, 2.05) is 26.0 Å². The molecule has 3 N–H and O–H groups in total. The van der Waals surface area contributed by atoms with Gasteiger partial charge in [0.05, 0.1) is 0 Å². The van der Waals surface area contributed by atoms with Crippen LogP contribution in [0, 0.1) is 7.43 Å². The van der Waals surface area contributed by atoms with Gasteiger partial charge in [0.1, 0.15) is 0 Å². The molecule has 2 nitrogen and oxygen atoms in total. The Labute approximate surface area is 40.7 Å². The minimum absolute atomic E-state index is 0. The fourth-order valence-corrected chi connectivity index (χ4v) is 0. The van der Waals surface area contributed by atoms with E-state index in [0.717, 1.165) is 0 Å². The topological polar surface area (TPSA) is 38.2 Å². The van der Waals surface area contributed by atoms with Gasteiger partial charge in [0, 0.05) is 0 Å². The monoisotopic (exact) mass is 91.1 g/mol. The molecule has 2 heteroatoms. The first-order chi connectivity index (χ1) is 1.73. The molecule has 0 aromatic rings. The molecule has 0 aliphatic heterocycles. The molecule has 0 aromatic heterocycles. The van der Waals surface area contributed by atoms with Crippen molar-refractivity contribution in [2.24, 2.45) is 0 Å². The molecule has 0 saturated carbocycles. The first-order valence-electron chi connectivity index (χ1n) is 1.34. The summed E-state index contributed by atoms with van der Waals surface area (Å²) in [6.07, 6.45) is 0. The predicted octanol–water partition coefficient (Wildman–Crippen LogP) is 0.790. The predicted molar refractivity (Wildman–Crippen MR) is 31.0 cm³/mol. The lowest BCUT2D eigenvalue weighted by Gasteiger charge is -1.90. The minimum atomic E-state index is 0. The minimum Gasteiger partial charge on any atom is -0.344 e. The van der Waals surface area contributed by atoms with Crippen LogP contribution in [-0.2, 0) is 0 Å². The summed E-state index contributed by atoms with van der Waals surface area (Å²) in [6.45, 7) is 0. The summed E-state index contributed by atoms with van der Waals surface area (Å²) in [5.74, 6) is 0. The van der Waals surface area contributed by atoms with Crippen LogP contribution in [0.25, 0.3) is 0 Å². The Morgan fingerprint density at radius 1 is 1.00 bits per heavy atom. The second kappa shape index (κ2) is 8.87. The Morgan fingerprint density at radius 3 is 1.00 bits per heavy atom. The summed E-state index contributed by atoms with van der Waals surface area (Å²) in [6, 6.07) is 0. The quantitative estimate of drug-likeness (QED) is 0.478. The van der Waals surface area contributed by atoms with Gasteiger partial charge in [-0.3, -0.25) is 0 Å². The van der Waals surface area contributed by atoms with Crippen LogP contribution < -0.4 is 6.15 Å².